The highest BCUT2D eigenvalue weighted by Crippen LogP contribution is 2.27. The summed E-state index contributed by atoms with van der Waals surface area (Å²) in [5, 5.41) is 13.3. The highest BCUT2D eigenvalue weighted by atomic mass is 16.3. The van der Waals surface area contributed by atoms with Crippen molar-refractivity contribution in [3.63, 3.8) is 0 Å². The smallest absolute Gasteiger partial charge is 0.234 e. The minimum Gasteiger partial charge on any atom is -0.374 e. The number of aryl methyl sites for hydroxylation is 1. The number of amides is 1. The maximum Gasteiger partial charge on any atom is 0.234 e. The largest absolute Gasteiger partial charge is 0.374 e. The Morgan fingerprint density at radius 3 is 2.77 bits per heavy atom. The SMILES string of the molecule is Cc1ccccc1-c1cccc(C(O)N2CCNC(=O)C2)c1. The van der Waals surface area contributed by atoms with Crippen LogP contribution in [0.3, 0.4) is 0 Å². The molecule has 4 nitrogen and oxygen atoms in total. The topological polar surface area (TPSA) is 52.6 Å². The van der Waals surface area contributed by atoms with Crippen molar-refractivity contribution in [2.24, 2.45) is 0 Å². The number of hydrogen-bond acceptors (Lipinski definition) is 3. The standard InChI is InChI=1S/C18H20N2O2/c1-13-5-2-3-8-16(13)14-6-4-7-15(11-14)18(22)20-10-9-19-17(21)12-20/h2-8,11,18,22H,9-10,12H2,1H3,(H,19,21). The number of aliphatic hydroxyl groups is 1. The van der Waals surface area contributed by atoms with Crippen molar-refractivity contribution in [1.82, 2.24) is 10.2 Å². The van der Waals surface area contributed by atoms with Crippen LogP contribution in [-0.2, 0) is 4.79 Å². The first-order valence-electron chi connectivity index (χ1n) is 7.50. The van der Waals surface area contributed by atoms with E-state index in [1.807, 2.05) is 36.4 Å². The monoisotopic (exact) mass is 296 g/mol. The summed E-state index contributed by atoms with van der Waals surface area (Å²) in [5.41, 5.74) is 4.26. The van der Waals surface area contributed by atoms with Crippen molar-refractivity contribution in [2.45, 2.75) is 13.2 Å². The lowest BCUT2D eigenvalue weighted by Gasteiger charge is -2.31. The molecule has 2 aromatic carbocycles. The summed E-state index contributed by atoms with van der Waals surface area (Å²) in [6.45, 7) is 3.54. The molecule has 1 aliphatic heterocycles. The molecular weight excluding hydrogens is 276 g/mol. The van der Waals surface area contributed by atoms with E-state index in [0.717, 1.165) is 16.7 Å². The number of aliphatic hydroxyl groups excluding tert-OH is 1. The van der Waals surface area contributed by atoms with E-state index in [2.05, 4.69) is 24.4 Å². The highest BCUT2D eigenvalue weighted by molar-refractivity contribution is 5.78. The first kappa shape index (κ1) is 14.8. The number of nitrogens with one attached hydrogen (secondary N) is 1. The Morgan fingerprint density at radius 1 is 1.18 bits per heavy atom. The van der Waals surface area contributed by atoms with Crippen LogP contribution in [0, 0.1) is 6.92 Å². The number of piperazine rings is 1. The third-order valence-electron chi connectivity index (χ3n) is 4.05. The molecule has 22 heavy (non-hydrogen) atoms. The quantitative estimate of drug-likeness (QED) is 0.912. The Bertz CT molecular complexity index is 684. The van der Waals surface area contributed by atoms with Gasteiger partial charge in [0.25, 0.3) is 0 Å². The first-order valence-corrected chi connectivity index (χ1v) is 7.50. The second-order valence-electron chi connectivity index (χ2n) is 5.63. The molecule has 1 fully saturated rings. The summed E-state index contributed by atoms with van der Waals surface area (Å²) in [6.07, 6.45) is -0.755. The lowest BCUT2D eigenvalue weighted by atomic mass is 9.98. The molecule has 0 aromatic heterocycles. The van der Waals surface area contributed by atoms with Gasteiger partial charge in [-0.05, 0) is 35.2 Å². The average molecular weight is 296 g/mol. The van der Waals surface area contributed by atoms with Gasteiger partial charge in [0.1, 0.15) is 6.23 Å². The molecule has 0 aliphatic carbocycles. The van der Waals surface area contributed by atoms with E-state index in [9.17, 15) is 9.90 Å². The Balaban J connectivity index is 1.88. The van der Waals surface area contributed by atoms with E-state index in [4.69, 9.17) is 0 Å². The van der Waals surface area contributed by atoms with Crippen LogP contribution in [0.15, 0.2) is 48.5 Å². The minimum atomic E-state index is -0.755. The van der Waals surface area contributed by atoms with Gasteiger partial charge in [-0.3, -0.25) is 9.69 Å². The lowest BCUT2D eigenvalue weighted by Crippen LogP contribution is -2.48. The molecule has 2 N–H and O–H groups in total. The predicted molar refractivity (Wildman–Crippen MR) is 86.2 cm³/mol. The summed E-state index contributed by atoms with van der Waals surface area (Å²) in [5.74, 6) is -0.0413. The van der Waals surface area contributed by atoms with Gasteiger partial charge in [-0.1, -0.05) is 42.5 Å². The number of hydrogen-bond donors (Lipinski definition) is 2. The fraction of sp³-hybridized carbons (Fsp3) is 0.278. The molecule has 0 spiro atoms. The Labute approximate surface area is 130 Å². The van der Waals surface area contributed by atoms with Crippen LogP contribution in [0.1, 0.15) is 17.4 Å². The summed E-state index contributed by atoms with van der Waals surface area (Å²) in [7, 11) is 0. The van der Waals surface area contributed by atoms with Gasteiger partial charge in [0.15, 0.2) is 0 Å². The van der Waals surface area contributed by atoms with Crippen LogP contribution in [-0.4, -0.2) is 35.5 Å². The zero-order chi connectivity index (χ0) is 15.5. The van der Waals surface area contributed by atoms with E-state index >= 15 is 0 Å². The summed E-state index contributed by atoms with van der Waals surface area (Å²) >= 11 is 0. The fourth-order valence-corrected chi connectivity index (χ4v) is 2.84. The summed E-state index contributed by atoms with van der Waals surface area (Å²) < 4.78 is 0. The minimum absolute atomic E-state index is 0.0413. The molecule has 0 radical (unpaired) electrons. The Kier molecular flexibility index (Phi) is 4.22. The molecule has 4 heteroatoms. The van der Waals surface area contributed by atoms with Crippen LogP contribution in [0.5, 0.6) is 0 Å². The first-order chi connectivity index (χ1) is 10.6. The second-order valence-corrected chi connectivity index (χ2v) is 5.63. The highest BCUT2D eigenvalue weighted by Gasteiger charge is 2.23. The molecule has 1 amide bonds. The van der Waals surface area contributed by atoms with Gasteiger partial charge in [-0.25, -0.2) is 0 Å². The van der Waals surface area contributed by atoms with E-state index in [1.54, 1.807) is 4.90 Å². The van der Waals surface area contributed by atoms with Gasteiger partial charge in [-0.15, -0.1) is 0 Å². The number of rotatable bonds is 3. The molecule has 0 saturated carbocycles. The third kappa shape index (κ3) is 3.03. The van der Waals surface area contributed by atoms with Crippen molar-refractivity contribution in [3.05, 3.63) is 59.7 Å². The van der Waals surface area contributed by atoms with Crippen LogP contribution < -0.4 is 5.32 Å². The van der Waals surface area contributed by atoms with Crippen molar-refractivity contribution >= 4 is 5.91 Å². The third-order valence-corrected chi connectivity index (χ3v) is 4.05. The molecule has 1 saturated heterocycles. The van der Waals surface area contributed by atoms with Gasteiger partial charge < -0.3 is 10.4 Å². The molecule has 1 aliphatic rings. The van der Waals surface area contributed by atoms with Crippen LogP contribution in [0.4, 0.5) is 0 Å². The normalized spacial score (nSPS) is 17.1. The molecule has 2 aromatic rings. The van der Waals surface area contributed by atoms with E-state index < -0.39 is 6.23 Å². The van der Waals surface area contributed by atoms with Gasteiger partial charge in [0, 0.05) is 13.1 Å². The second kappa shape index (κ2) is 6.30. The molecular formula is C18H20N2O2. The number of nitrogens with zero attached hydrogens (tertiary/aromatic N) is 1. The lowest BCUT2D eigenvalue weighted by molar-refractivity contribution is -0.128. The van der Waals surface area contributed by atoms with Gasteiger partial charge >= 0.3 is 0 Å². The molecule has 1 heterocycles. The van der Waals surface area contributed by atoms with Crippen molar-refractivity contribution in [1.29, 1.82) is 0 Å². The maximum atomic E-state index is 11.5. The van der Waals surface area contributed by atoms with Gasteiger partial charge in [0.05, 0.1) is 6.54 Å². The summed E-state index contributed by atoms with van der Waals surface area (Å²) in [6, 6.07) is 16.1. The predicted octanol–water partition coefficient (Wildman–Crippen LogP) is 2.08. The van der Waals surface area contributed by atoms with Crippen molar-refractivity contribution in [2.75, 3.05) is 19.6 Å². The molecule has 114 valence electrons. The van der Waals surface area contributed by atoms with Crippen LogP contribution >= 0.6 is 0 Å². The Morgan fingerprint density at radius 2 is 2.00 bits per heavy atom. The van der Waals surface area contributed by atoms with Gasteiger partial charge in [0.2, 0.25) is 5.91 Å². The number of carbonyl (C=O) groups excluding carboxylic acids is 1. The number of benzene rings is 2. The fourth-order valence-electron chi connectivity index (χ4n) is 2.84. The molecule has 1 atom stereocenters. The van der Waals surface area contributed by atoms with E-state index in [0.29, 0.717) is 13.1 Å². The summed E-state index contributed by atoms with van der Waals surface area (Å²) in [4.78, 5) is 13.3. The van der Waals surface area contributed by atoms with Crippen molar-refractivity contribution in [3.8, 4) is 11.1 Å². The van der Waals surface area contributed by atoms with E-state index in [1.165, 1.54) is 5.56 Å². The van der Waals surface area contributed by atoms with Gasteiger partial charge in [-0.2, -0.15) is 0 Å². The number of carbonyl (C=O) groups is 1. The van der Waals surface area contributed by atoms with E-state index in [-0.39, 0.29) is 12.5 Å². The maximum absolute atomic E-state index is 11.5. The van der Waals surface area contributed by atoms with Crippen LogP contribution in [0.25, 0.3) is 11.1 Å². The zero-order valence-corrected chi connectivity index (χ0v) is 12.6. The average Bonchev–Trinajstić information content (AvgIpc) is 2.55. The van der Waals surface area contributed by atoms with Crippen LogP contribution in [0.2, 0.25) is 0 Å². The zero-order valence-electron chi connectivity index (χ0n) is 12.6. The van der Waals surface area contributed by atoms with Crippen molar-refractivity contribution < 1.29 is 9.90 Å². The molecule has 3 rings (SSSR count). The molecule has 1 unspecified atom stereocenters. The molecule has 0 bridgehead atoms. The Hall–Kier alpha value is -2.17.